The highest BCUT2D eigenvalue weighted by Gasteiger charge is 2.20. The van der Waals surface area contributed by atoms with Crippen molar-refractivity contribution in [2.24, 2.45) is 0 Å². The van der Waals surface area contributed by atoms with E-state index in [1.54, 1.807) is 0 Å². The van der Waals surface area contributed by atoms with Crippen LogP contribution in [-0.4, -0.2) is 9.13 Å². The Kier molecular flexibility index (Phi) is 7.35. The van der Waals surface area contributed by atoms with Crippen LogP contribution in [0, 0.1) is 0 Å². The van der Waals surface area contributed by atoms with Crippen LogP contribution in [0.4, 0.5) is 0 Å². The Hall–Kier alpha value is -4.96. The average molecular weight is 577 g/mol. The van der Waals surface area contributed by atoms with E-state index < -0.39 is 0 Å². The van der Waals surface area contributed by atoms with Crippen molar-refractivity contribution in [1.29, 1.82) is 0 Å². The molecule has 218 valence electrons. The van der Waals surface area contributed by atoms with Crippen molar-refractivity contribution < 1.29 is 0 Å². The van der Waals surface area contributed by atoms with Crippen LogP contribution in [0.15, 0.2) is 119 Å². The molecule has 0 unspecified atom stereocenters. The van der Waals surface area contributed by atoms with Gasteiger partial charge in [0, 0.05) is 45.8 Å². The highest BCUT2D eigenvalue weighted by molar-refractivity contribution is 6.07. The summed E-state index contributed by atoms with van der Waals surface area (Å²) in [6.07, 6.45) is 3.97. The van der Waals surface area contributed by atoms with Gasteiger partial charge in [0.1, 0.15) is 0 Å². The molecule has 4 nitrogen and oxygen atoms in total. The van der Waals surface area contributed by atoms with Crippen LogP contribution in [0.25, 0.3) is 65.9 Å². The molecular weight excluding hydrogens is 540 g/mol. The topological polar surface area (TPSA) is 44.0 Å². The molecule has 0 atom stereocenters. The molecule has 7 aromatic rings. The van der Waals surface area contributed by atoms with E-state index in [-0.39, 0.29) is 10.9 Å². The minimum Gasteiger partial charge on any atom is -0.340 e. The fourth-order valence-corrected chi connectivity index (χ4v) is 6.75. The van der Waals surface area contributed by atoms with Gasteiger partial charge in [-0.2, -0.15) is 0 Å². The molecular formula is C40H36N2O2. The number of benzene rings is 5. The number of fused-ring (bicyclic) bond motifs is 4. The molecule has 0 amide bonds. The monoisotopic (exact) mass is 576 g/mol. The SMILES string of the molecule is CCCCn1c2cc3c(=O)c4cccc(-c5ccccc5)c4n(CCCC)c3cc2c(=O)c2cccc(-c3ccccc3)c21. The zero-order valence-electron chi connectivity index (χ0n) is 25.3. The second-order valence-electron chi connectivity index (χ2n) is 11.7. The van der Waals surface area contributed by atoms with Gasteiger partial charge in [-0.3, -0.25) is 9.59 Å². The summed E-state index contributed by atoms with van der Waals surface area (Å²) in [6, 6.07) is 36.6. The number of nitrogens with zero attached hydrogens (tertiary/aromatic N) is 2. The first-order chi connectivity index (χ1) is 21.6. The molecule has 0 aliphatic heterocycles. The predicted molar refractivity (Wildman–Crippen MR) is 186 cm³/mol. The third kappa shape index (κ3) is 4.53. The molecule has 0 saturated carbocycles. The number of pyridine rings is 2. The number of rotatable bonds is 8. The second kappa shape index (κ2) is 11.6. The van der Waals surface area contributed by atoms with Gasteiger partial charge in [0.15, 0.2) is 10.9 Å². The molecule has 0 bridgehead atoms. The lowest BCUT2D eigenvalue weighted by Gasteiger charge is -2.21. The van der Waals surface area contributed by atoms with Crippen LogP contribution in [-0.2, 0) is 13.1 Å². The fourth-order valence-electron chi connectivity index (χ4n) is 6.75. The molecule has 0 saturated heterocycles. The lowest BCUT2D eigenvalue weighted by atomic mass is 9.97. The normalized spacial score (nSPS) is 11.7. The average Bonchev–Trinajstić information content (AvgIpc) is 3.08. The molecule has 0 fully saturated rings. The van der Waals surface area contributed by atoms with Crippen LogP contribution >= 0.6 is 0 Å². The van der Waals surface area contributed by atoms with E-state index in [0.29, 0.717) is 21.5 Å². The zero-order chi connectivity index (χ0) is 30.2. The van der Waals surface area contributed by atoms with E-state index in [1.807, 2.05) is 72.8 Å². The quantitative estimate of drug-likeness (QED) is 0.169. The van der Waals surface area contributed by atoms with Gasteiger partial charge < -0.3 is 9.13 Å². The summed E-state index contributed by atoms with van der Waals surface area (Å²) in [5, 5.41) is 2.74. The van der Waals surface area contributed by atoms with Crippen molar-refractivity contribution in [3.63, 3.8) is 0 Å². The number of unbranched alkanes of at least 4 members (excludes halogenated alkanes) is 2. The van der Waals surface area contributed by atoms with E-state index in [0.717, 1.165) is 83.1 Å². The maximum atomic E-state index is 14.4. The number of para-hydroxylation sites is 2. The minimum atomic E-state index is 0.00774. The van der Waals surface area contributed by atoms with Gasteiger partial charge in [-0.15, -0.1) is 0 Å². The summed E-state index contributed by atoms with van der Waals surface area (Å²) >= 11 is 0. The number of aromatic nitrogens is 2. The standard InChI is InChI=1S/C40H36N2O2/c1-3-5-23-41-35-25-34-36(26-33(35)39(43)31-21-13-19-29(37(31)41)27-15-9-7-10-16-27)42(24-6-4-2)38-30(28-17-11-8-12-18-28)20-14-22-32(38)40(34)44/h7-22,25-26H,3-6,23-24H2,1-2H3. The van der Waals surface area contributed by atoms with Gasteiger partial charge in [0.2, 0.25) is 0 Å². The number of hydrogen-bond donors (Lipinski definition) is 0. The summed E-state index contributed by atoms with van der Waals surface area (Å²) in [7, 11) is 0. The fraction of sp³-hybridized carbons (Fsp3) is 0.200. The lowest BCUT2D eigenvalue weighted by molar-refractivity contribution is 0.661. The van der Waals surface area contributed by atoms with Crippen molar-refractivity contribution in [3.8, 4) is 22.3 Å². The van der Waals surface area contributed by atoms with Crippen LogP contribution < -0.4 is 10.9 Å². The highest BCUT2D eigenvalue weighted by Crippen LogP contribution is 2.34. The summed E-state index contributed by atoms with van der Waals surface area (Å²) in [6.45, 7) is 5.89. The van der Waals surface area contributed by atoms with Crippen LogP contribution in [0.3, 0.4) is 0 Å². The third-order valence-corrected chi connectivity index (χ3v) is 8.93. The molecule has 0 spiro atoms. The molecule has 5 aromatic carbocycles. The van der Waals surface area contributed by atoms with Gasteiger partial charge >= 0.3 is 0 Å². The summed E-state index contributed by atoms with van der Waals surface area (Å²) in [4.78, 5) is 28.8. The van der Waals surface area contributed by atoms with E-state index in [9.17, 15) is 9.59 Å². The maximum absolute atomic E-state index is 14.4. The summed E-state index contributed by atoms with van der Waals surface area (Å²) in [5.74, 6) is 0. The van der Waals surface area contributed by atoms with Crippen molar-refractivity contribution >= 4 is 43.6 Å². The van der Waals surface area contributed by atoms with Crippen molar-refractivity contribution in [2.45, 2.75) is 52.6 Å². The van der Waals surface area contributed by atoms with Gasteiger partial charge in [0.05, 0.1) is 22.1 Å². The Balaban J connectivity index is 1.66. The predicted octanol–water partition coefficient (Wildman–Crippen LogP) is 9.56. The van der Waals surface area contributed by atoms with Crippen molar-refractivity contribution in [2.75, 3.05) is 0 Å². The Morgan fingerprint density at radius 2 is 0.886 bits per heavy atom. The van der Waals surface area contributed by atoms with Gasteiger partial charge in [-0.05, 0) is 48.2 Å². The zero-order valence-corrected chi connectivity index (χ0v) is 25.3. The lowest BCUT2D eigenvalue weighted by Crippen LogP contribution is -2.16. The molecule has 0 aliphatic rings. The Bertz CT molecular complexity index is 2120. The molecule has 44 heavy (non-hydrogen) atoms. The molecule has 2 aromatic heterocycles. The van der Waals surface area contributed by atoms with Crippen LogP contribution in [0.1, 0.15) is 39.5 Å². The molecule has 0 radical (unpaired) electrons. The first kappa shape index (κ1) is 27.8. The first-order valence-electron chi connectivity index (χ1n) is 15.8. The summed E-state index contributed by atoms with van der Waals surface area (Å²) < 4.78 is 4.58. The van der Waals surface area contributed by atoms with Crippen LogP contribution in [0.5, 0.6) is 0 Å². The van der Waals surface area contributed by atoms with E-state index >= 15 is 0 Å². The Labute approximate surface area is 256 Å². The maximum Gasteiger partial charge on any atom is 0.197 e. The highest BCUT2D eigenvalue weighted by atomic mass is 16.1. The smallest absolute Gasteiger partial charge is 0.197 e. The number of aryl methyl sites for hydroxylation is 2. The van der Waals surface area contributed by atoms with Gasteiger partial charge in [-0.1, -0.05) is 112 Å². The molecule has 4 heteroatoms. The summed E-state index contributed by atoms with van der Waals surface area (Å²) in [5.41, 5.74) is 7.74. The Morgan fingerprint density at radius 1 is 0.477 bits per heavy atom. The van der Waals surface area contributed by atoms with E-state index in [4.69, 9.17) is 0 Å². The first-order valence-corrected chi connectivity index (χ1v) is 15.8. The van der Waals surface area contributed by atoms with Crippen LogP contribution in [0.2, 0.25) is 0 Å². The van der Waals surface area contributed by atoms with Crippen molar-refractivity contribution in [3.05, 3.63) is 130 Å². The Morgan fingerprint density at radius 3 is 1.27 bits per heavy atom. The second-order valence-corrected chi connectivity index (χ2v) is 11.7. The largest absolute Gasteiger partial charge is 0.340 e. The van der Waals surface area contributed by atoms with Gasteiger partial charge in [-0.25, -0.2) is 0 Å². The van der Waals surface area contributed by atoms with Gasteiger partial charge in [0.25, 0.3) is 0 Å². The van der Waals surface area contributed by atoms with E-state index in [1.165, 1.54) is 0 Å². The minimum absolute atomic E-state index is 0.00774. The molecule has 0 N–H and O–H groups in total. The molecule has 7 rings (SSSR count). The molecule has 0 aliphatic carbocycles. The third-order valence-electron chi connectivity index (χ3n) is 8.93. The number of hydrogen-bond acceptors (Lipinski definition) is 2. The molecule has 2 heterocycles. The van der Waals surface area contributed by atoms with Crippen molar-refractivity contribution in [1.82, 2.24) is 9.13 Å². The van der Waals surface area contributed by atoms with E-state index in [2.05, 4.69) is 59.4 Å².